The summed E-state index contributed by atoms with van der Waals surface area (Å²) in [6.45, 7) is 1.88. The van der Waals surface area contributed by atoms with Gasteiger partial charge in [-0.25, -0.2) is 9.97 Å². The van der Waals surface area contributed by atoms with Crippen molar-refractivity contribution in [1.82, 2.24) is 29.6 Å². The molecular formula is C34H38B2N6O3. The Labute approximate surface area is 263 Å². The number of hydrogen-bond donors (Lipinski definition) is 3. The van der Waals surface area contributed by atoms with E-state index in [2.05, 4.69) is 56.0 Å². The minimum absolute atomic E-state index is 0.143. The number of piperidine rings is 1. The third-order valence-corrected chi connectivity index (χ3v) is 11.4. The number of aromatic amines is 2. The maximum atomic E-state index is 11.5. The molecule has 2 bridgehead atoms. The molecule has 11 heteroatoms. The van der Waals surface area contributed by atoms with Gasteiger partial charge in [0.25, 0.3) is 7.41 Å². The summed E-state index contributed by atoms with van der Waals surface area (Å²) in [5.74, 6) is 3.85. The van der Waals surface area contributed by atoms with Gasteiger partial charge in [0.2, 0.25) is 0 Å². The van der Waals surface area contributed by atoms with E-state index in [1.165, 1.54) is 32.1 Å². The predicted octanol–water partition coefficient (Wildman–Crippen LogP) is 5.85. The lowest BCUT2D eigenvalue weighted by Gasteiger charge is -2.34. The fourth-order valence-electron chi connectivity index (χ4n) is 9.43. The Kier molecular flexibility index (Phi) is 6.58. The summed E-state index contributed by atoms with van der Waals surface area (Å²) in [6.07, 6.45) is 12.4. The first-order chi connectivity index (χ1) is 22.0. The van der Waals surface area contributed by atoms with Crippen molar-refractivity contribution in [3.63, 3.8) is 0 Å². The molecule has 2 saturated heterocycles. The van der Waals surface area contributed by atoms with Gasteiger partial charge >= 0.3 is 7.05 Å². The van der Waals surface area contributed by atoms with Crippen molar-refractivity contribution in [3.05, 3.63) is 60.3 Å². The van der Waals surface area contributed by atoms with Gasteiger partial charge in [-0.05, 0) is 98.6 Å². The van der Waals surface area contributed by atoms with Crippen molar-refractivity contribution >= 4 is 42.7 Å². The highest BCUT2D eigenvalue weighted by Crippen LogP contribution is 2.50. The minimum Gasteiger partial charge on any atom is -0.454 e. The average Bonchev–Trinajstić information content (AvgIpc) is 3.89. The first-order valence-electron chi connectivity index (χ1n) is 16.8. The third kappa shape index (κ3) is 4.54. The molecule has 2 aromatic carbocycles. The summed E-state index contributed by atoms with van der Waals surface area (Å²) in [4.78, 5) is 33.1. The van der Waals surface area contributed by atoms with Gasteiger partial charge in [0.1, 0.15) is 22.9 Å². The van der Waals surface area contributed by atoms with Crippen LogP contribution in [-0.4, -0.2) is 67.3 Å². The Bertz CT molecular complexity index is 1900. The van der Waals surface area contributed by atoms with Gasteiger partial charge in [-0.3, -0.25) is 0 Å². The Morgan fingerprint density at radius 1 is 1.00 bits per heavy atom. The quantitative estimate of drug-likeness (QED) is 0.159. The predicted molar refractivity (Wildman–Crippen MR) is 177 cm³/mol. The van der Waals surface area contributed by atoms with E-state index in [1.54, 1.807) is 0 Å². The van der Waals surface area contributed by atoms with Gasteiger partial charge in [0.15, 0.2) is 5.76 Å². The average molecular weight is 600 g/mol. The molecule has 2 saturated carbocycles. The highest BCUT2D eigenvalue weighted by molar-refractivity contribution is 6.64. The monoisotopic (exact) mass is 600 g/mol. The number of benzene rings is 2. The van der Waals surface area contributed by atoms with Crippen molar-refractivity contribution in [2.45, 2.75) is 82.4 Å². The Hall–Kier alpha value is -3.66. The molecule has 4 aliphatic rings. The summed E-state index contributed by atoms with van der Waals surface area (Å²) < 4.78 is 6.29. The molecule has 5 aromatic rings. The number of fused-ring (bicyclic) bond motifs is 5. The Balaban J connectivity index is 0.983. The van der Waals surface area contributed by atoms with E-state index in [1.807, 2.05) is 19.1 Å². The number of aromatic nitrogens is 4. The van der Waals surface area contributed by atoms with E-state index in [0.717, 1.165) is 81.7 Å². The van der Waals surface area contributed by atoms with Crippen LogP contribution >= 0.6 is 0 Å². The highest BCUT2D eigenvalue weighted by Gasteiger charge is 2.50. The first-order valence-corrected chi connectivity index (χ1v) is 16.8. The summed E-state index contributed by atoms with van der Waals surface area (Å²) in [7, 11) is -0.0128. The van der Waals surface area contributed by atoms with Gasteiger partial charge < -0.3 is 33.8 Å². The number of rotatable bonds is 7. The largest absolute Gasteiger partial charge is 0.454 e. The molecule has 0 spiro atoms. The normalized spacial score (nSPS) is 28.3. The zero-order chi connectivity index (χ0) is 30.2. The zero-order valence-corrected chi connectivity index (χ0v) is 25.7. The molecule has 2 aliphatic carbocycles. The molecule has 0 radical (unpaired) electrons. The fraction of sp³-hybridized carbons (Fsp3) is 0.441. The van der Waals surface area contributed by atoms with Crippen LogP contribution in [0.5, 0.6) is 0 Å². The SMILES string of the molecule is CB(O)N1C2CCC(C2)[C@H]1c1nc2ccc(-c3ccc4oc(-c5cnc([C@@H]6CC7CCCCC7N6BC=O)[nH]5)cc4c3)cc2[nH]1. The second-order valence-electron chi connectivity index (χ2n) is 13.9. The van der Waals surface area contributed by atoms with Gasteiger partial charge in [-0.15, -0.1) is 0 Å². The number of carbonyl (C=O) groups is 1. The number of nitrogens with one attached hydrogen (secondary N) is 2. The molecule has 4 fully saturated rings. The number of furan rings is 1. The van der Waals surface area contributed by atoms with Crippen molar-refractivity contribution < 1.29 is 14.2 Å². The molecule has 4 unspecified atom stereocenters. The number of imidazole rings is 2. The van der Waals surface area contributed by atoms with Crippen LogP contribution in [0.2, 0.25) is 6.82 Å². The molecule has 3 aromatic heterocycles. The second kappa shape index (κ2) is 10.7. The fourth-order valence-corrected chi connectivity index (χ4v) is 9.43. The second-order valence-corrected chi connectivity index (χ2v) is 13.9. The molecule has 9 nitrogen and oxygen atoms in total. The number of nitrogens with zero attached hydrogens (tertiary/aromatic N) is 4. The molecule has 3 N–H and O–H groups in total. The van der Waals surface area contributed by atoms with Crippen LogP contribution in [0, 0.1) is 11.8 Å². The molecule has 0 amide bonds. The minimum atomic E-state index is -0.474. The highest BCUT2D eigenvalue weighted by atomic mass is 16.3. The van der Waals surface area contributed by atoms with E-state index in [0.29, 0.717) is 31.3 Å². The van der Waals surface area contributed by atoms with Crippen molar-refractivity contribution in [2.75, 3.05) is 0 Å². The van der Waals surface area contributed by atoms with Crippen molar-refractivity contribution in [1.29, 1.82) is 0 Å². The zero-order valence-electron chi connectivity index (χ0n) is 25.7. The van der Waals surface area contributed by atoms with E-state index >= 15 is 0 Å². The van der Waals surface area contributed by atoms with Gasteiger partial charge in [-0.1, -0.05) is 25.0 Å². The standard InChI is InChI=1S/C34H38B2N6O3/c1-36(44)42-24-9-6-22(13-24)32(42)34-38-25-10-7-20(14-26(25)39-34)19-8-11-30-23(12-19)16-31(45-30)27-17-37-33(40-27)29-15-21-4-2-3-5-28(21)41(29)35-18-43/h7-8,10-12,14,16-18,21-22,24,28-29,32,35,44H,2-6,9,13,15H2,1H3,(H,37,40)(H,38,39)/t21?,22?,24?,28?,29-,32-/m0/s1. The van der Waals surface area contributed by atoms with Crippen LogP contribution in [0.15, 0.2) is 53.1 Å². The lowest BCUT2D eigenvalue weighted by Crippen LogP contribution is -2.44. The Morgan fingerprint density at radius 3 is 2.76 bits per heavy atom. The van der Waals surface area contributed by atoms with E-state index in [4.69, 9.17) is 14.4 Å². The molecule has 6 atom stereocenters. The Morgan fingerprint density at radius 2 is 1.87 bits per heavy atom. The van der Waals surface area contributed by atoms with Crippen LogP contribution < -0.4 is 0 Å². The lowest BCUT2D eigenvalue weighted by atomic mass is 9.79. The molecule has 9 rings (SSSR count). The smallest absolute Gasteiger partial charge is 0.377 e. The van der Waals surface area contributed by atoms with Crippen LogP contribution in [0.4, 0.5) is 0 Å². The number of hydrogen-bond acceptors (Lipinski definition) is 7. The third-order valence-electron chi connectivity index (χ3n) is 11.4. The van der Waals surface area contributed by atoms with Crippen LogP contribution in [0.25, 0.3) is 44.6 Å². The van der Waals surface area contributed by atoms with Crippen LogP contribution in [0.1, 0.15) is 75.1 Å². The molecule has 5 heterocycles. The van der Waals surface area contributed by atoms with Crippen molar-refractivity contribution in [3.8, 4) is 22.6 Å². The maximum Gasteiger partial charge on any atom is 0.377 e. The van der Waals surface area contributed by atoms with Crippen molar-refractivity contribution in [2.24, 2.45) is 11.8 Å². The first kappa shape index (κ1) is 27.6. The van der Waals surface area contributed by atoms with E-state index in [-0.39, 0.29) is 12.1 Å². The molecular weight excluding hydrogens is 562 g/mol. The molecule has 45 heavy (non-hydrogen) atoms. The summed E-state index contributed by atoms with van der Waals surface area (Å²) in [5.41, 5.74) is 5.90. The molecule has 2 aliphatic heterocycles. The lowest BCUT2D eigenvalue weighted by molar-refractivity contribution is 0.211. The molecule has 228 valence electrons. The number of H-pyrrole nitrogens is 2. The number of carbonyl (C=O) groups excluding carboxylic acids is 1. The summed E-state index contributed by atoms with van der Waals surface area (Å²) >= 11 is 0. The van der Waals surface area contributed by atoms with Gasteiger partial charge in [-0.2, -0.15) is 0 Å². The summed E-state index contributed by atoms with van der Waals surface area (Å²) in [6, 6.07) is 16.0. The summed E-state index contributed by atoms with van der Waals surface area (Å²) in [5, 5.41) is 11.5. The van der Waals surface area contributed by atoms with Crippen LogP contribution in [0.3, 0.4) is 0 Å². The van der Waals surface area contributed by atoms with E-state index < -0.39 is 7.05 Å². The van der Waals surface area contributed by atoms with Gasteiger partial charge in [0, 0.05) is 17.5 Å². The van der Waals surface area contributed by atoms with Crippen LogP contribution in [-0.2, 0) is 4.79 Å². The maximum absolute atomic E-state index is 11.5. The van der Waals surface area contributed by atoms with E-state index in [9.17, 15) is 9.82 Å². The van der Waals surface area contributed by atoms with Gasteiger partial charge in [0.05, 0.1) is 35.5 Å². The topological polar surface area (TPSA) is 114 Å².